The van der Waals surface area contributed by atoms with Crippen LogP contribution in [-0.4, -0.2) is 26.2 Å². The predicted octanol–water partition coefficient (Wildman–Crippen LogP) is 3.52. The summed E-state index contributed by atoms with van der Waals surface area (Å²) < 4.78 is 16.5. The fraction of sp³-hybridized carbons (Fsp3) is 0.381. The molecule has 138 valence electrons. The molecule has 0 fully saturated rings. The Morgan fingerprint density at radius 3 is 2.62 bits per heavy atom. The minimum Gasteiger partial charge on any atom is -0.497 e. The topological polar surface area (TPSA) is 56.8 Å². The number of hydrogen-bond donors (Lipinski definition) is 1. The first-order valence-corrected chi connectivity index (χ1v) is 8.88. The van der Waals surface area contributed by atoms with Crippen molar-refractivity contribution in [3.05, 3.63) is 53.6 Å². The zero-order chi connectivity index (χ0) is 18.5. The molecule has 0 spiro atoms. The molecule has 1 amide bonds. The Bertz CT molecular complexity index is 772. The van der Waals surface area contributed by atoms with E-state index in [4.69, 9.17) is 14.2 Å². The second-order valence-corrected chi connectivity index (χ2v) is 6.72. The van der Waals surface area contributed by atoms with Crippen molar-refractivity contribution in [2.24, 2.45) is 5.92 Å². The summed E-state index contributed by atoms with van der Waals surface area (Å²) in [6.07, 6.45) is 0.310. The number of hydrogen-bond acceptors (Lipinski definition) is 4. The van der Waals surface area contributed by atoms with Crippen LogP contribution in [0.3, 0.4) is 0 Å². The van der Waals surface area contributed by atoms with Gasteiger partial charge in [-0.25, -0.2) is 0 Å². The molecule has 0 bridgehead atoms. The summed E-state index contributed by atoms with van der Waals surface area (Å²) in [5.41, 5.74) is 1.94. The van der Waals surface area contributed by atoms with Gasteiger partial charge in [-0.1, -0.05) is 32.0 Å². The van der Waals surface area contributed by atoms with E-state index < -0.39 is 0 Å². The first-order chi connectivity index (χ1) is 12.6. The molecule has 1 aliphatic rings. The summed E-state index contributed by atoms with van der Waals surface area (Å²) >= 11 is 0. The van der Waals surface area contributed by atoms with Gasteiger partial charge in [-0.3, -0.25) is 4.79 Å². The van der Waals surface area contributed by atoms with Crippen molar-refractivity contribution in [2.45, 2.75) is 26.3 Å². The second kappa shape index (κ2) is 8.13. The molecule has 0 unspecified atom stereocenters. The molecule has 0 radical (unpaired) electrons. The highest BCUT2D eigenvalue weighted by Gasteiger charge is 2.21. The average molecular weight is 355 g/mol. The van der Waals surface area contributed by atoms with Gasteiger partial charge in [0.2, 0.25) is 5.91 Å². The molecule has 1 aliphatic heterocycles. The van der Waals surface area contributed by atoms with Gasteiger partial charge in [0, 0.05) is 0 Å². The lowest BCUT2D eigenvalue weighted by molar-refractivity contribution is -0.121. The van der Waals surface area contributed by atoms with Crippen LogP contribution >= 0.6 is 0 Å². The number of amides is 1. The number of rotatable bonds is 6. The van der Waals surface area contributed by atoms with Gasteiger partial charge in [-0.05, 0) is 41.3 Å². The molecule has 1 atom stereocenters. The lowest BCUT2D eigenvalue weighted by Crippen LogP contribution is -2.33. The third-order valence-electron chi connectivity index (χ3n) is 4.41. The molecule has 0 aliphatic carbocycles. The van der Waals surface area contributed by atoms with Gasteiger partial charge in [0.25, 0.3) is 0 Å². The molecule has 26 heavy (non-hydrogen) atoms. The van der Waals surface area contributed by atoms with E-state index in [9.17, 15) is 4.79 Å². The summed E-state index contributed by atoms with van der Waals surface area (Å²) in [6.45, 7) is 5.29. The summed E-state index contributed by atoms with van der Waals surface area (Å²) in [6, 6.07) is 13.3. The third kappa shape index (κ3) is 4.28. The van der Waals surface area contributed by atoms with Crippen molar-refractivity contribution in [3.63, 3.8) is 0 Å². The van der Waals surface area contributed by atoms with Crippen molar-refractivity contribution >= 4 is 5.91 Å². The number of methoxy groups -OCH3 is 1. The molecular weight excluding hydrogens is 330 g/mol. The molecule has 1 N–H and O–H groups in total. The van der Waals surface area contributed by atoms with Gasteiger partial charge >= 0.3 is 0 Å². The smallest absolute Gasteiger partial charge is 0.224 e. The van der Waals surface area contributed by atoms with Crippen LogP contribution in [0.25, 0.3) is 0 Å². The lowest BCUT2D eigenvalue weighted by atomic mass is 9.95. The standard InChI is InChI=1S/C21H25NO4/c1-14(2)21(16-7-8-18-19(13-16)26-10-9-25-18)22-20(23)12-15-5-4-6-17(11-15)24-3/h4-8,11,13-14,21H,9-10,12H2,1-3H3,(H,22,23)/t21-/m0/s1. The molecule has 5 nitrogen and oxygen atoms in total. The molecule has 1 heterocycles. The zero-order valence-corrected chi connectivity index (χ0v) is 15.5. The molecule has 0 saturated carbocycles. The first kappa shape index (κ1) is 18.1. The monoisotopic (exact) mass is 355 g/mol. The highest BCUT2D eigenvalue weighted by atomic mass is 16.6. The Labute approximate surface area is 154 Å². The Morgan fingerprint density at radius 1 is 1.12 bits per heavy atom. The SMILES string of the molecule is COc1cccc(CC(=O)N[C@H](c2ccc3c(c2)OCCO3)C(C)C)c1. The maximum Gasteiger partial charge on any atom is 0.224 e. The molecule has 0 aromatic heterocycles. The van der Waals surface area contributed by atoms with E-state index in [1.54, 1.807) is 7.11 Å². The number of carbonyl (C=O) groups is 1. The normalized spacial score (nSPS) is 14.0. The van der Waals surface area contributed by atoms with Crippen LogP contribution in [0.1, 0.15) is 31.0 Å². The largest absolute Gasteiger partial charge is 0.497 e. The Morgan fingerprint density at radius 2 is 1.88 bits per heavy atom. The number of benzene rings is 2. The summed E-state index contributed by atoms with van der Waals surface area (Å²) in [4.78, 5) is 12.6. The van der Waals surface area contributed by atoms with Crippen molar-refractivity contribution in [2.75, 3.05) is 20.3 Å². The average Bonchev–Trinajstić information content (AvgIpc) is 2.65. The molecular formula is C21H25NO4. The molecule has 0 saturated heterocycles. The van der Waals surface area contributed by atoms with Crippen LogP contribution < -0.4 is 19.5 Å². The first-order valence-electron chi connectivity index (χ1n) is 8.88. The van der Waals surface area contributed by atoms with Crippen LogP contribution in [0.2, 0.25) is 0 Å². The minimum absolute atomic E-state index is 0.0214. The number of fused-ring (bicyclic) bond motifs is 1. The highest BCUT2D eigenvalue weighted by Crippen LogP contribution is 2.34. The quantitative estimate of drug-likeness (QED) is 0.861. The van der Waals surface area contributed by atoms with Crippen LogP contribution in [0.5, 0.6) is 17.2 Å². The molecule has 2 aromatic rings. The summed E-state index contributed by atoms with van der Waals surface area (Å²) in [5, 5.41) is 3.15. The number of ether oxygens (including phenoxy) is 3. The Hall–Kier alpha value is -2.69. The predicted molar refractivity (Wildman–Crippen MR) is 99.9 cm³/mol. The van der Waals surface area contributed by atoms with E-state index >= 15 is 0 Å². The molecule has 3 rings (SSSR count). The van der Waals surface area contributed by atoms with E-state index in [0.717, 1.165) is 28.4 Å². The Balaban J connectivity index is 1.73. The maximum atomic E-state index is 12.6. The number of nitrogens with one attached hydrogen (secondary N) is 1. The van der Waals surface area contributed by atoms with Crippen LogP contribution in [0.15, 0.2) is 42.5 Å². The lowest BCUT2D eigenvalue weighted by Gasteiger charge is -2.25. The molecule has 5 heteroatoms. The van der Waals surface area contributed by atoms with E-state index in [-0.39, 0.29) is 17.9 Å². The fourth-order valence-electron chi connectivity index (χ4n) is 3.08. The second-order valence-electron chi connectivity index (χ2n) is 6.72. The van der Waals surface area contributed by atoms with Crippen molar-refractivity contribution < 1.29 is 19.0 Å². The third-order valence-corrected chi connectivity index (χ3v) is 4.41. The van der Waals surface area contributed by atoms with Crippen LogP contribution in [0.4, 0.5) is 0 Å². The van der Waals surface area contributed by atoms with Crippen LogP contribution in [0, 0.1) is 5.92 Å². The van der Waals surface area contributed by atoms with E-state index in [1.807, 2.05) is 42.5 Å². The van der Waals surface area contributed by atoms with Gasteiger partial charge < -0.3 is 19.5 Å². The van der Waals surface area contributed by atoms with Gasteiger partial charge in [0.15, 0.2) is 11.5 Å². The summed E-state index contributed by atoms with van der Waals surface area (Å²) in [5.74, 6) is 2.47. The van der Waals surface area contributed by atoms with Crippen LogP contribution in [-0.2, 0) is 11.2 Å². The number of carbonyl (C=O) groups excluding carboxylic acids is 1. The van der Waals surface area contributed by atoms with Crippen molar-refractivity contribution in [3.8, 4) is 17.2 Å². The fourth-order valence-corrected chi connectivity index (χ4v) is 3.08. The maximum absolute atomic E-state index is 12.6. The minimum atomic E-state index is -0.0936. The van der Waals surface area contributed by atoms with Gasteiger partial charge in [-0.15, -0.1) is 0 Å². The van der Waals surface area contributed by atoms with Gasteiger partial charge in [0.1, 0.15) is 19.0 Å². The van der Waals surface area contributed by atoms with E-state index in [1.165, 1.54) is 0 Å². The molecule has 2 aromatic carbocycles. The Kier molecular flexibility index (Phi) is 5.66. The zero-order valence-electron chi connectivity index (χ0n) is 15.5. The van der Waals surface area contributed by atoms with E-state index in [0.29, 0.717) is 19.6 Å². The van der Waals surface area contributed by atoms with Gasteiger partial charge in [0.05, 0.1) is 19.6 Å². The summed E-state index contributed by atoms with van der Waals surface area (Å²) in [7, 11) is 1.62. The van der Waals surface area contributed by atoms with Crippen molar-refractivity contribution in [1.29, 1.82) is 0 Å². The highest BCUT2D eigenvalue weighted by molar-refractivity contribution is 5.79. The van der Waals surface area contributed by atoms with E-state index in [2.05, 4.69) is 19.2 Å². The van der Waals surface area contributed by atoms with Gasteiger partial charge in [-0.2, -0.15) is 0 Å². The van der Waals surface area contributed by atoms with Crippen molar-refractivity contribution in [1.82, 2.24) is 5.32 Å².